The number of hydrogen-bond acceptors (Lipinski definition) is 5. The van der Waals surface area contributed by atoms with Gasteiger partial charge < -0.3 is 14.7 Å². The van der Waals surface area contributed by atoms with Crippen molar-refractivity contribution < 1.29 is 27.4 Å². The molecule has 202 valence electrons. The second kappa shape index (κ2) is 11.5. The van der Waals surface area contributed by atoms with Gasteiger partial charge in [-0.05, 0) is 55.2 Å². The molecule has 2 aromatic rings. The lowest BCUT2D eigenvalue weighted by atomic mass is 9.88. The first-order chi connectivity index (χ1) is 17.6. The van der Waals surface area contributed by atoms with Crippen molar-refractivity contribution in [1.82, 2.24) is 9.21 Å². The Kier molecular flexibility index (Phi) is 8.56. The number of nitrogens with zero attached hydrogens (tertiary/aromatic N) is 2. The number of ether oxygens (including phenoxy) is 1. The van der Waals surface area contributed by atoms with Gasteiger partial charge in [-0.15, -0.1) is 0 Å². The first-order valence-corrected chi connectivity index (χ1v) is 14.5. The van der Waals surface area contributed by atoms with Gasteiger partial charge in [-0.2, -0.15) is 4.31 Å². The minimum atomic E-state index is -3.97. The molecule has 7 nitrogen and oxygen atoms in total. The Morgan fingerprint density at radius 1 is 1.14 bits per heavy atom. The van der Waals surface area contributed by atoms with Crippen LogP contribution in [-0.4, -0.2) is 67.5 Å². The van der Waals surface area contributed by atoms with Gasteiger partial charge in [-0.1, -0.05) is 44.4 Å². The van der Waals surface area contributed by atoms with E-state index in [4.69, 9.17) is 4.74 Å². The fourth-order valence-corrected chi connectivity index (χ4v) is 7.11. The number of likely N-dealkylation sites (N-methyl/N-ethyl adjacent to an activating group) is 1. The predicted molar refractivity (Wildman–Crippen MR) is 140 cm³/mol. The number of hydrogen-bond donors (Lipinski definition) is 1. The third kappa shape index (κ3) is 5.99. The summed E-state index contributed by atoms with van der Waals surface area (Å²) in [5.74, 6) is -0.306. The van der Waals surface area contributed by atoms with Crippen molar-refractivity contribution in [3.63, 3.8) is 0 Å². The SMILES string of the molecule is C[C@H]1CN([C@@H](C)CO)S(=O)(=O)c2ccc(-c3ccc(F)cc3)cc2O[C@@H]1CN(C)C(=O)C1CCCCC1. The Morgan fingerprint density at radius 3 is 2.43 bits per heavy atom. The normalized spacial score (nSPS) is 23.3. The number of aliphatic hydroxyl groups excluding tert-OH is 1. The lowest BCUT2D eigenvalue weighted by molar-refractivity contribution is -0.136. The first kappa shape index (κ1) is 27.5. The molecule has 2 aromatic carbocycles. The fraction of sp³-hybridized carbons (Fsp3) is 0.536. The van der Waals surface area contributed by atoms with Crippen LogP contribution in [0.1, 0.15) is 46.0 Å². The number of aliphatic hydroxyl groups is 1. The molecular formula is C28H37FN2O5S. The molecule has 0 radical (unpaired) electrons. The van der Waals surface area contributed by atoms with Crippen molar-refractivity contribution >= 4 is 15.9 Å². The highest BCUT2D eigenvalue weighted by atomic mass is 32.2. The zero-order valence-corrected chi connectivity index (χ0v) is 22.6. The van der Waals surface area contributed by atoms with Gasteiger partial charge in [0.1, 0.15) is 22.6 Å². The van der Waals surface area contributed by atoms with Crippen LogP contribution in [0.3, 0.4) is 0 Å². The van der Waals surface area contributed by atoms with E-state index in [0.29, 0.717) is 12.1 Å². The topological polar surface area (TPSA) is 87.2 Å². The molecule has 0 unspecified atom stereocenters. The summed E-state index contributed by atoms with van der Waals surface area (Å²) in [6, 6.07) is 10.2. The number of rotatable bonds is 6. The van der Waals surface area contributed by atoms with Gasteiger partial charge in [0, 0.05) is 31.5 Å². The highest BCUT2D eigenvalue weighted by molar-refractivity contribution is 7.89. The highest BCUT2D eigenvalue weighted by Gasteiger charge is 2.39. The molecule has 2 aliphatic rings. The highest BCUT2D eigenvalue weighted by Crippen LogP contribution is 2.37. The predicted octanol–water partition coefficient (Wildman–Crippen LogP) is 4.30. The fourth-order valence-electron chi connectivity index (χ4n) is 5.29. The summed E-state index contributed by atoms with van der Waals surface area (Å²) in [6.45, 7) is 3.73. The van der Waals surface area contributed by atoms with E-state index >= 15 is 0 Å². The van der Waals surface area contributed by atoms with E-state index in [1.165, 1.54) is 22.5 Å². The van der Waals surface area contributed by atoms with Crippen LogP contribution >= 0.6 is 0 Å². The smallest absolute Gasteiger partial charge is 0.247 e. The Balaban J connectivity index is 1.71. The number of carbonyl (C=O) groups is 1. The third-order valence-corrected chi connectivity index (χ3v) is 9.65. The molecular weight excluding hydrogens is 495 g/mol. The molecule has 0 saturated heterocycles. The van der Waals surface area contributed by atoms with Crippen LogP contribution in [0.2, 0.25) is 0 Å². The molecule has 1 fully saturated rings. The van der Waals surface area contributed by atoms with Crippen LogP contribution in [-0.2, 0) is 14.8 Å². The van der Waals surface area contributed by atoms with Crippen LogP contribution < -0.4 is 4.74 Å². The molecule has 1 aliphatic carbocycles. The number of fused-ring (bicyclic) bond motifs is 1. The molecule has 0 spiro atoms. The average Bonchev–Trinajstić information content (AvgIpc) is 2.90. The van der Waals surface area contributed by atoms with Crippen LogP contribution in [0, 0.1) is 17.7 Å². The molecule has 3 atom stereocenters. The lowest BCUT2D eigenvalue weighted by Gasteiger charge is -2.38. The number of sulfonamides is 1. The number of benzene rings is 2. The first-order valence-electron chi connectivity index (χ1n) is 13.1. The maximum atomic E-state index is 13.7. The van der Waals surface area contributed by atoms with E-state index in [2.05, 4.69) is 0 Å². The van der Waals surface area contributed by atoms with Gasteiger partial charge in [-0.25, -0.2) is 12.8 Å². The van der Waals surface area contributed by atoms with E-state index < -0.39 is 22.2 Å². The van der Waals surface area contributed by atoms with Crippen molar-refractivity contribution in [2.75, 3.05) is 26.7 Å². The van der Waals surface area contributed by atoms with Crippen LogP contribution in [0.15, 0.2) is 47.4 Å². The summed E-state index contributed by atoms with van der Waals surface area (Å²) in [5, 5.41) is 9.84. The summed E-state index contributed by atoms with van der Waals surface area (Å²) in [7, 11) is -2.19. The maximum Gasteiger partial charge on any atom is 0.247 e. The summed E-state index contributed by atoms with van der Waals surface area (Å²) < 4.78 is 48.6. The van der Waals surface area contributed by atoms with Gasteiger partial charge in [0.15, 0.2) is 0 Å². The average molecular weight is 533 g/mol. The van der Waals surface area contributed by atoms with E-state index in [9.17, 15) is 22.7 Å². The molecule has 4 rings (SSSR count). The second-order valence-electron chi connectivity index (χ2n) is 10.5. The second-order valence-corrected chi connectivity index (χ2v) is 12.3. The summed E-state index contributed by atoms with van der Waals surface area (Å²) >= 11 is 0. The maximum absolute atomic E-state index is 13.7. The molecule has 9 heteroatoms. The van der Waals surface area contributed by atoms with Gasteiger partial charge in [-0.3, -0.25) is 4.79 Å². The standard InChI is InChI=1S/C28H37FN2O5S/c1-19-16-31(20(2)18-32)37(34,35)27-14-11-23(21-9-12-24(29)13-10-21)15-25(27)36-26(19)17-30(3)28(33)22-7-5-4-6-8-22/h9-15,19-20,22,26,32H,4-8,16-18H2,1-3H3/t19-,20-,26+/m0/s1. The van der Waals surface area contributed by atoms with Gasteiger partial charge in [0.25, 0.3) is 0 Å². The molecule has 1 saturated carbocycles. The van der Waals surface area contributed by atoms with Crippen molar-refractivity contribution in [2.45, 2.75) is 63.0 Å². The van der Waals surface area contributed by atoms with E-state index in [1.807, 2.05) is 6.92 Å². The number of halogens is 1. The van der Waals surface area contributed by atoms with Gasteiger partial charge in [0.05, 0.1) is 13.2 Å². The molecule has 0 bridgehead atoms. The van der Waals surface area contributed by atoms with E-state index in [-0.39, 0.29) is 47.4 Å². The Labute approximate surface area is 219 Å². The third-order valence-electron chi connectivity index (χ3n) is 7.63. The van der Waals surface area contributed by atoms with Crippen molar-refractivity contribution in [2.24, 2.45) is 11.8 Å². The van der Waals surface area contributed by atoms with E-state index in [1.54, 1.807) is 43.1 Å². The molecule has 0 aromatic heterocycles. The zero-order chi connectivity index (χ0) is 26.7. The monoisotopic (exact) mass is 532 g/mol. The molecule has 1 amide bonds. The van der Waals surface area contributed by atoms with Crippen molar-refractivity contribution in [3.05, 3.63) is 48.3 Å². The molecule has 1 N–H and O–H groups in total. The lowest BCUT2D eigenvalue weighted by Crippen LogP contribution is -2.50. The number of amides is 1. The van der Waals surface area contributed by atoms with Crippen LogP contribution in [0.5, 0.6) is 5.75 Å². The summed E-state index contributed by atoms with van der Waals surface area (Å²) in [6.07, 6.45) is 4.61. The zero-order valence-electron chi connectivity index (χ0n) is 21.8. The Bertz CT molecular complexity index is 1200. The quantitative estimate of drug-likeness (QED) is 0.600. The Morgan fingerprint density at radius 2 is 1.78 bits per heavy atom. The van der Waals surface area contributed by atoms with Crippen molar-refractivity contribution in [3.8, 4) is 16.9 Å². The Hall–Kier alpha value is -2.49. The largest absolute Gasteiger partial charge is 0.487 e. The van der Waals surface area contributed by atoms with Gasteiger partial charge in [0.2, 0.25) is 15.9 Å². The summed E-state index contributed by atoms with van der Waals surface area (Å²) in [4.78, 5) is 14.9. The molecule has 37 heavy (non-hydrogen) atoms. The number of carbonyl (C=O) groups excluding carboxylic acids is 1. The van der Waals surface area contributed by atoms with Gasteiger partial charge >= 0.3 is 0 Å². The molecule has 1 aliphatic heterocycles. The van der Waals surface area contributed by atoms with Crippen LogP contribution in [0.4, 0.5) is 4.39 Å². The summed E-state index contributed by atoms with van der Waals surface area (Å²) in [5.41, 5.74) is 1.41. The van der Waals surface area contributed by atoms with Crippen LogP contribution in [0.25, 0.3) is 11.1 Å². The minimum absolute atomic E-state index is 0.0109. The van der Waals surface area contributed by atoms with E-state index in [0.717, 1.165) is 37.7 Å². The minimum Gasteiger partial charge on any atom is -0.487 e. The molecule has 1 heterocycles. The van der Waals surface area contributed by atoms with Crippen molar-refractivity contribution in [1.29, 1.82) is 0 Å².